The average molecular weight is 182 g/mol. The molecule has 0 amide bonds. The van der Waals surface area contributed by atoms with Gasteiger partial charge in [-0.2, -0.15) is 0 Å². The maximum atomic E-state index is 10.5. The zero-order valence-electron chi connectivity index (χ0n) is 7.13. The minimum absolute atomic E-state index is 0. The molecular formula is C7H16ClNO2. The van der Waals surface area contributed by atoms with Gasteiger partial charge in [-0.05, 0) is 5.41 Å². The number of halogens is 1. The third kappa shape index (κ3) is 4.22. The molecule has 0 aliphatic heterocycles. The quantitative estimate of drug-likeness (QED) is 0.671. The van der Waals surface area contributed by atoms with E-state index in [2.05, 4.69) is 0 Å². The van der Waals surface area contributed by atoms with Crippen LogP contribution >= 0.6 is 12.4 Å². The van der Waals surface area contributed by atoms with Crippen LogP contribution in [0.4, 0.5) is 0 Å². The maximum Gasteiger partial charge on any atom is 0.308 e. The van der Waals surface area contributed by atoms with Gasteiger partial charge >= 0.3 is 5.97 Å². The summed E-state index contributed by atoms with van der Waals surface area (Å²) in [6, 6.07) is 0. The van der Waals surface area contributed by atoms with Crippen LogP contribution in [-0.4, -0.2) is 17.6 Å². The van der Waals surface area contributed by atoms with Crippen molar-refractivity contribution in [1.29, 1.82) is 0 Å². The minimum atomic E-state index is -0.810. The number of rotatable bonds is 2. The first-order valence-corrected chi connectivity index (χ1v) is 3.32. The second kappa shape index (κ2) is 4.57. The molecule has 1 unspecified atom stereocenters. The summed E-state index contributed by atoms with van der Waals surface area (Å²) in [4.78, 5) is 10.5. The van der Waals surface area contributed by atoms with Crippen molar-refractivity contribution in [2.75, 3.05) is 6.54 Å². The van der Waals surface area contributed by atoms with Crippen molar-refractivity contribution in [3.05, 3.63) is 0 Å². The summed E-state index contributed by atoms with van der Waals surface area (Å²) < 4.78 is 0. The van der Waals surface area contributed by atoms with Crippen LogP contribution in [0.15, 0.2) is 0 Å². The number of carboxylic acid groups (broad SMARTS) is 1. The van der Waals surface area contributed by atoms with Crippen molar-refractivity contribution in [3.63, 3.8) is 0 Å². The molecule has 0 saturated heterocycles. The summed E-state index contributed by atoms with van der Waals surface area (Å²) in [7, 11) is 0. The van der Waals surface area contributed by atoms with E-state index in [-0.39, 0.29) is 24.4 Å². The molecule has 0 aromatic rings. The van der Waals surface area contributed by atoms with E-state index >= 15 is 0 Å². The van der Waals surface area contributed by atoms with Gasteiger partial charge in [0.25, 0.3) is 0 Å². The fourth-order valence-electron chi connectivity index (χ4n) is 0.825. The molecule has 3 N–H and O–H groups in total. The lowest BCUT2D eigenvalue weighted by Crippen LogP contribution is -2.34. The van der Waals surface area contributed by atoms with Crippen LogP contribution in [0.3, 0.4) is 0 Å². The lowest BCUT2D eigenvalue weighted by atomic mass is 9.81. The number of nitrogens with two attached hydrogens (primary N) is 1. The predicted molar refractivity (Wildman–Crippen MR) is 46.9 cm³/mol. The summed E-state index contributed by atoms with van der Waals surface area (Å²) >= 11 is 0. The highest BCUT2D eigenvalue weighted by Gasteiger charge is 2.29. The zero-order chi connectivity index (χ0) is 8.36. The topological polar surface area (TPSA) is 63.3 Å². The zero-order valence-corrected chi connectivity index (χ0v) is 7.94. The van der Waals surface area contributed by atoms with Crippen LogP contribution < -0.4 is 5.73 Å². The van der Waals surface area contributed by atoms with Crippen molar-refractivity contribution in [2.24, 2.45) is 17.1 Å². The lowest BCUT2D eigenvalue weighted by molar-refractivity contribution is -0.144. The molecule has 3 nitrogen and oxygen atoms in total. The summed E-state index contributed by atoms with van der Waals surface area (Å²) in [5.74, 6) is -1.25. The molecule has 0 heterocycles. The molecule has 0 radical (unpaired) electrons. The Morgan fingerprint density at radius 1 is 1.55 bits per heavy atom. The summed E-state index contributed by atoms with van der Waals surface area (Å²) in [5, 5.41) is 8.63. The summed E-state index contributed by atoms with van der Waals surface area (Å²) in [5.41, 5.74) is 5.04. The van der Waals surface area contributed by atoms with E-state index < -0.39 is 11.9 Å². The van der Waals surface area contributed by atoms with Gasteiger partial charge in [0.1, 0.15) is 0 Å². The van der Waals surface area contributed by atoms with Gasteiger partial charge in [-0.25, -0.2) is 0 Å². The van der Waals surface area contributed by atoms with E-state index in [0.717, 1.165) is 0 Å². The van der Waals surface area contributed by atoms with E-state index in [9.17, 15) is 4.79 Å². The molecule has 0 aliphatic rings. The van der Waals surface area contributed by atoms with Crippen LogP contribution in [0.25, 0.3) is 0 Å². The average Bonchev–Trinajstić information content (AvgIpc) is 1.60. The molecule has 0 aromatic heterocycles. The molecule has 1 atom stereocenters. The van der Waals surface area contributed by atoms with E-state index in [1.54, 1.807) is 0 Å². The highest BCUT2D eigenvalue weighted by atomic mass is 35.5. The molecule has 68 valence electrons. The molecular weight excluding hydrogens is 166 g/mol. The van der Waals surface area contributed by atoms with Crippen LogP contribution in [0, 0.1) is 11.3 Å². The Balaban J connectivity index is 0. The van der Waals surface area contributed by atoms with Gasteiger partial charge < -0.3 is 10.8 Å². The number of carboxylic acids is 1. The second-order valence-corrected chi connectivity index (χ2v) is 3.49. The molecule has 0 rings (SSSR count). The number of carbonyl (C=O) groups is 1. The van der Waals surface area contributed by atoms with Crippen molar-refractivity contribution in [1.82, 2.24) is 0 Å². The fraction of sp³-hybridized carbons (Fsp3) is 0.857. The third-order valence-electron chi connectivity index (χ3n) is 1.58. The van der Waals surface area contributed by atoms with Gasteiger partial charge in [0.2, 0.25) is 0 Å². The van der Waals surface area contributed by atoms with Gasteiger partial charge in [0, 0.05) is 6.54 Å². The molecule has 0 aromatic carbocycles. The van der Waals surface area contributed by atoms with Gasteiger partial charge in [-0.3, -0.25) is 4.79 Å². The van der Waals surface area contributed by atoms with Crippen LogP contribution in [0.2, 0.25) is 0 Å². The second-order valence-electron chi connectivity index (χ2n) is 3.49. The van der Waals surface area contributed by atoms with Crippen molar-refractivity contribution in [3.8, 4) is 0 Å². The Bertz CT molecular complexity index is 131. The predicted octanol–water partition coefficient (Wildman–Crippen LogP) is 1.11. The van der Waals surface area contributed by atoms with Gasteiger partial charge in [0.05, 0.1) is 5.92 Å². The highest BCUT2D eigenvalue weighted by Crippen LogP contribution is 2.24. The molecule has 0 spiro atoms. The lowest BCUT2D eigenvalue weighted by Gasteiger charge is -2.25. The van der Waals surface area contributed by atoms with Crippen molar-refractivity contribution >= 4 is 18.4 Å². The van der Waals surface area contributed by atoms with Crippen molar-refractivity contribution in [2.45, 2.75) is 20.8 Å². The monoisotopic (exact) mass is 181 g/mol. The molecule has 0 fully saturated rings. The standard InChI is InChI=1S/C7H15NO2.ClH/c1-7(2,3)5(4-8)6(9)10;/h5H,4,8H2,1-3H3,(H,9,10);1H. The van der Waals surface area contributed by atoms with E-state index in [1.807, 2.05) is 20.8 Å². The van der Waals surface area contributed by atoms with E-state index in [4.69, 9.17) is 10.8 Å². The Kier molecular flexibility index (Phi) is 5.53. The van der Waals surface area contributed by atoms with Crippen LogP contribution in [0.5, 0.6) is 0 Å². The largest absolute Gasteiger partial charge is 0.481 e. The van der Waals surface area contributed by atoms with Gasteiger partial charge in [-0.15, -0.1) is 12.4 Å². The Hall–Kier alpha value is -0.280. The van der Waals surface area contributed by atoms with Gasteiger partial charge in [0.15, 0.2) is 0 Å². The number of aliphatic carboxylic acids is 1. The first kappa shape index (κ1) is 13.3. The third-order valence-corrected chi connectivity index (χ3v) is 1.58. The summed E-state index contributed by atoms with van der Waals surface area (Å²) in [6.07, 6.45) is 0. The fourth-order valence-corrected chi connectivity index (χ4v) is 0.825. The minimum Gasteiger partial charge on any atom is -0.481 e. The molecule has 11 heavy (non-hydrogen) atoms. The molecule has 0 saturated carbocycles. The van der Waals surface area contributed by atoms with Crippen LogP contribution in [0.1, 0.15) is 20.8 Å². The first-order chi connectivity index (χ1) is 4.39. The number of hydrogen-bond acceptors (Lipinski definition) is 2. The normalized spacial score (nSPS) is 13.5. The Labute approximate surface area is 73.4 Å². The molecule has 0 bridgehead atoms. The molecule has 4 heteroatoms. The highest BCUT2D eigenvalue weighted by molar-refractivity contribution is 5.85. The van der Waals surface area contributed by atoms with E-state index in [1.165, 1.54) is 0 Å². The maximum absolute atomic E-state index is 10.5. The van der Waals surface area contributed by atoms with Gasteiger partial charge in [-0.1, -0.05) is 20.8 Å². The SMILES string of the molecule is CC(C)(C)C(CN)C(=O)O.Cl. The molecule has 0 aliphatic carbocycles. The smallest absolute Gasteiger partial charge is 0.308 e. The van der Waals surface area contributed by atoms with Crippen LogP contribution in [-0.2, 0) is 4.79 Å². The van der Waals surface area contributed by atoms with E-state index in [0.29, 0.717) is 0 Å². The first-order valence-electron chi connectivity index (χ1n) is 3.32. The Morgan fingerprint density at radius 2 is 1.91 bits per heavy atom. The van der Waals surface area contributed by atoms with Crippen molar-refractivity contribution < 1.29 is 9.90 Å². The Morgan fingerprint density at radius 3 is 1.91 bits per heavy atom. The summed E-state index contributed by atoms with van der Waals surface area (Å²) in [6.45, 7) is 5.83. The number of hydrogen-bond donors (Lipinski definition) is 2.